The molecule has 132 valence electrons. The van der Waals surface area contributed by atoms with Crippen LogP contribution in [0.2, 0.25) is 0 Å². The van der Waals surface area contributed by atoms with Crippen LogP contribution in [0, 0.1) is 27.6 Å². The normalized spacial score (nSPS) is 17.8. The Bertz CT molecular complexity index is 363. The molecule has 0 N–H and O–H groups in total. The lowest BCUT2D eigenvalue weighted by Gasteiger charge is -2.43. The van der Waals surface area contributed by atoms with E-state index in [-0.39, 0.29) is 22.2 Å². The first-order valence-electron chi connectivity index (χ1n) is 8.65. The highest BCUT2D eigenvalue weighted by atomic mass is 16.5. The lowest BCUT2D eigenvalue weighted by molar-refractivity contribution is -0.166. The Morgan fingerprint density at radius 3 is 1.64 bits per heavy atom. The van der Waals surface area contributed by atoms with Crippen molar-refractivity contribution in [1.82, 2.24) is 0 Å². The molecule has 0 radical (unpaired) electrons. The van der Waals surface area contributed by atoms with Gasteiger partial charge in [0.1, 0.15) is 0 Å². The van der Waals surface area contributed by atoms with Gasteiger partial charge in [-0.05, 0) is 41.9 Å². The van der Waals surface area contributed by atoms with Crippen molar-refractivity contribution < 1.29 is 9.53 Å². The van der Waals surface area contributed by atoms with E-state index in [9.17, 15) is 4.79 Å². The van der Waals surface area contributed by atoms with Gasteiger partial charge in [0.25, 0.3) is 0 Å². The van der Waals surface area contributed by atoms with Crippen LogP contribution in [0.15, 0.2) is 0 Å². The zero-order chi connectivity index (χ0) is 18.0. The second kappa shape index (κ2) is 6.93. The van der Waals surface area contributed by atoms with Gasteiger partial charge >= 0.3 is 5.97 Å². The molecule has 0 aromatic carbocycles. The van der Waals surface area contributed by atoms with Gasteiger partial charge in [0, 0.05) is 0 Å². The van der Waals surface area contributed by atoms with Crippen LogP contribution in [-0.2, 0) is 9.53 Å². The maximum atomic E-state index is 12.8. The smallest absolute Gasteiger partial charge is 0.312 e. The minimum absolute atomic E-state index is 0.0457. The summed E-state index contributed by atoms with van der Waals surface area (Å²) in [5.41, 5.74) is -0.222. The average molecular weight is 313 g/mol. The Kier molecular flexibility index (Phi) is 6.76. The Hall–Kier alpha value is -0.530. The topological polar surface area (TPSA) is 26.3 Å². The minimum atomic E-state index is -0.466. The molecule has 2 atom stereocenters. The molecule has 0 spiro atoms. The summed E-state index contributed by atoms with van der Waals surface area (Å²) in [5, 5.41) is 0. The van der Waals surface area contributed by atoms with Crippen molar-refractivity contribution in [2.24, 2.45) is 27.6 Å². The fourth-order valence-electron chi connectivity index (χ4n) is 3.19. The molecule has 0 bridgehead atoms. The zero-order valence-electron chi connectivity index (χ0n) is 17.0. The van der Waals surface area contributed by atoms with Gasteiger partial charge in [-0.25, -0.2) is 0 Å². The maximum Gasteiger partial charge on any atom is 0.312 e. The molecule has 0 aliphatic rings. The molecule has 0 fully saturated rings. The van der Waals surface area contributed by atoms with Crippen LogP contribution in [0.25, 0.3) is 0 Å². The summed E-state index contributed by atoms with van der Waals surface area (Å²) < 4.78 is 5.75. The van der Waals surface area contributed by atoms with Gasteiger partial charge in [0.15, 0.2) is 0 Å². The number of ether oxygens (including phenoxy) is 1. The highest BCUT2D eigenvalue weighted by molar-refractivity contribution is 5.77. The maximum absolute atomic E-state index is 12.8. The van der Waals surface area contributed by atoms with Crippen LogP contribution in [0.1, 0.15) is 89.0 Å². The Morgan fingerprint density at radius 1 is 0.864 bits per heavy atom. The highest BCUT2D eigenvalue weighted by Crippen LogP contribution is 2.47. The average Bonchev–Trinajstić information content (AvgIpc) is 2.19. The van der Waals surface area contributed by atoms with Crippen molar-refractivity contribution >= 4 is 5.97 Å². The second-order valence-electron chi connectivity index (χ2n) is 10.8. The first-order chi connectivity index (χ1) is 9.48. The van der Waals surface area contributed by atoms with Gasteiger partial charge in [-0.15, -0.1) is 0 Å². The van der Waals surface area contributed by atoms with Crippen LogP contribution in [-0.4, -0.2) is 12.6 Å². The number of rotatable bonds is 5. The number of hydrogen-bond donors (Lipinski definition) is 0. The van der Waals surface area contributed by atoms with Crippen molar-refractivity contribution in [2.75, 3.05) is 6.61 Å². The lowest BCUT2D eigenvalue weighted by atomic mass is 9.61. The first kappa shape index (κ1) is 21.5. The Morgan fingerprint density at radius 2 is 1.32 bits per heavy atom. The van der Waals surface area contributed by atoms with E-state index >= 15 is 0 Å². The van der Waals surface area contributed by atoms with Gasteiger partial charge in [-0.3, -0.25) is 4.79 Å². The molecule has 0 heterocycles. The fourth-order valence-corrected chi connectivity index (χ4v) is 3.19. The predicted molar refractivity (Wildman–Crippen MR) is 95.8 cm³/mol. The fraction of sp³-hybridized carbons (Fsp3) is 0.950. The molecule has 2 nitrogen and oxygen atoms in total. The van der Waals surface area contributed by atoms with Crippen molar-refractivity contribution in [1.29, 1.82) is 0 Å². The third-order valence-electron chi connectivity index (χ3n) is 4.45. The minimum Gasteiger partial charge on any atom is -0.465 e. The molecule has 0 aliphatic heterocycles. The van der Waals surface area contributed by atoms with Crippen LogP contribution in [0.5, 0.6) is 0 Å². The van der Waals surface area contributed by atoms with Gasteiger partial charge in [0.05, 0.1) is 12.0 Å². The SMILES string of the molecule is CC(COC(=O)C(C)(CC(C)(C)C)C(C)(C)C)CC(C)(C)C. The summed E-state index contributed by atoms with van der Waals surface area (Å²) >= 11 is 0. The van der Waals surface area contributed by atoms with Gasteiger partial charge in [-0.1, -0.05) is 69.2 Å². The summed E-state index contributed by atoms with van der Waals surface area (Å²) in [5.74, 6) is 0.346. The van der Waals surface area contributed by atoms with Crippen molar-refractivity contribution in [3.8, 4) is 0 Å². The highest BCUT2D eigenvalue weighted by Gasteiger charge is 2.47. The molecule has 0 saturated carbocycles. The predicted octanol–water partition coefficient (Wildman–Crippen LogP) is 6.09. The van der Waals surface area contributed by atoms with Gasteiger partial charge < -0.3 is 4.74 Å². The molecule has 0 aromatic heterocycles. The molecule has 0 rings (SSSR count). The summed E-state index contributed by atoms with van der Waals surface area (Å²) in [6.45, 7) is 24.4. The largest absolute Gasteiger partial charge is 0.465 e. The van der Waals surface area contributed by atoms with E-state index in [1.165, 1.54) is 0 Å². The van der Waals surface area contributed by atoms with E-state index in [1.54, 1.807) is 0 Å². The van der Waals surface area contributed by atoms with Gasteiger partial charge in [0.2, 0.25) is 0 Å². The molecule has 0 aliphatic carbocycles. The zero-order valence-corrected chi connectivity index (χ0v) is 17.0. The molecule has 22 heavy (non-hydrogen) atoms. The summed E-state index contributed by atoms with van der Waals surface area (Å²) in [7, 11) is 0. The molecular formula is C20H40O2. The van der Waals surface area contributed by atoms with E-state index in [0.29, 0.717) is 12.5 Å². The van der Waals surface area contributed by atoms with E-state index < -0.39 is 5.41 Å². The molecule has 2 unspecified atom stereocenters. The third kappa shape index (κ3) is 7.15. The molecule has 0 saturated heterocycles. The summed E-state index contributed by atoms with van der Waals surface area (Å²) in [4.78, 5) is 12.8. The van der Waals surface area contributed by atoms with Gasteiger partial charge in [-0.2, -0.15) is 0 Å². The number of carbonyl (C=O) groups is 1. The quantitative estimate of drug-likeness (QED) is 0.574. The monoisotopic (exact) mass is 312 g/mol. The van der Waals surface area contributed by atoms with Crippen molar-refractivity contribution in [2.45, 2.75) is 89.0 Å². The Labute approximate surface area is 139 Å². The number of carbonyl (C=O) groups excluding carboxylic acids is 1. The lowest BCUT2D eigenvalue weighted by Crippen LogP contribution is -2.44. The number of esters is 1. The van der Waals surface area contributed by atoms with Crippen molar-refractivity contribution in [3.63, 3.8) is 0 Å². The molecule has 2 heteroatoms. The first-order valence-corrected chi connectivity index (χ1v) is 8.65. The molecule has 0 amide bonds. The summed E-state index contributed by atoms with van der Waals surface area (Å²) in [6.07, 6.45) is 1.89. The van der Waals surface area contributed by atoms with E-state index in [1.807, 2.05) is 0 Å². The van der Waals surface area contributed by atoms with Crippen LogP contribution in [0.3, 0.4) is 0 Å². The summed E-state index contributed by atoms with van der Waals surface area (Å²) in [6, 6.07) is 0. The second-order valence-corrected chi connectivity index (χ2v) is 10.8. The van der Waals surface area contributed by atoms with Crippen LogP contribution in [0.4, 0.5) is 0 Å². The van der Waals surface area contributed by atoms with Crippen molar-refractivity contribution in [3.05, 3.63) is 0 Å². The number of hydrogen-bond acceptors (Lipinski definition) is 2. The van der Waals surface area contributed by atoms with E-state index in [4.69, 9.17) is 4.74 Å². The van der Waals surface area contributed by atoms with Crippen LogP contribution < -0.4 is 0 Å². The van der Waals surface area contributed by atoms with E-state index in [2.05, 4.69) is 76.2 Å². The Balaban J connectivity index is 4.95. The molecule has 0 aromatic rings. The third-order valence-corrected chi connectivity index (χ3v) is 4.45. The van der Waals surface area contributed by atoms with E-state index in [0.717, 1.165) is 12.8 Å². The van der Waals surface area contributed by atoms with Crippen LogP contribution >= 0.6 is 0 Å². The standard InChI is InChI=1S/C20H40O2/c1-15(12-17(2,3)4)13-22-16(21)20(11,19(8,9)10)14-18(5,6)7/h15H,12-14H2,1-11H3. The molecular weight excluding hydrogens is 272 g/mol.